The summed E-state index contributed by atoms with van der Waals surface area (Å²) in [5.41, 5.74) is 3.18. The zero-order valence-electron chi connectivity index (χ0n) is 12.9. The summed E-state index contributed by atoms with van der Waals surface area (Å²) in [4.78, 5) is 16.2. The quantitative estimate of drug-likeness (QED) is 0.637. The van der Waals surface area contributed by atoms with Crippen molar-refractivity contribution in [3.8, 4) is 0 Å². The molecule has 1 N–H and O–H groups in total. The first-order valence-corrected chi connectivity index (χ1v) is 7.31. The molecule has 0 aliphatic carbocycles. The van der Waals surface area contributed by atoms with E-state index in [2.05, 4.69) is 5.48 Å². The molecule has 1 amide bonds. The van der Waals surface area contributed by atoms with Crippen molar-refractivity contribution in [1.82, 2.24) is 10.5 Å². The summed E-state index contributed by atoms with van der Waals surface area (Å²) in [5, 5.41) is 3.46. The highest BCUT2D eigenvalue weighted by Crippen LogP contribution is 2.21. The molecule has 7 heteroatoms. The largest absolute Gasteiger partial charge is 0.376 e. The number of hydrogen-bond donors (Lipinski definition) is 1. The van der Waals surface area contributed by atoms with Gasteiger partial charge in [0.2, 0.25) is 5.91 Å². The van der Waals surface area contributed by atoms with Crippen LogP contribution in [0.25, 0.3) is 0 Å². The van der Waals surface area contributed by atoms with Gasteiger partial charge < -0.3 is 9.75 Å². The minimum atomic E-state index is -1.21. The number of hydroxylamine groups is 1. The van der Waals surface area contributed by atoms with Crippen LogP contribution in [0, 0.1) is 0 Å². The van der Waals surface area contributed by atoms with Gasteiger partial charge in [0.15, 0.2) is 6.30 Å². The molecule has 1 aromatic carbocycles. The number of amides is 1. The number of halogens is 1. The molecule has 6 nitrogen and oxygen atoms in total. The Labute approximate surface area is 129 Å². The number of alkyl halides is 1. The normalized spacial score (nSPS) is 20.4. The van der Waals surface area contributed by atoms with Crippen molar-refractivity contribution in [3.05, 3.63) is 30.3 Å². The molecule has 1 saturated heterocycles. The van der Waals surface area contributed by atoms with Gasteiger partial charge in [-0.3, -0.25) is 9.63 Å². The van der Waals surface area contributed by atoms with Gasteiger partial charge in [-0.1, -0.05) is 18.2 Å². The second kappa shape index (κ2) is 8.07. The molecule has 2 unspecified atom stereocenters. The van der Waals surface area contributed by atoms with Gasteiger partial charge in [-0.15, -0.1) is 0 Å². The second-order valence-electron chi connectivity index (χ2n) is 5.18. The lowest BCUT2D eigenvalue weighted by Crippen LogP contribution is -2.55. The SMILES string of the molecule is CC(=O)NOC(C)CN(c1ccccc1)N1CCOCC1F. The minimum absolute atomic E-state index is 0.0459. The third-order valence-electron chi connectivity index (χ3n) is 3.24. The number of carbonyl (C=O) groups excluding carboxylic acids is 1. The summed E-state index contributed by atoms with van der Waals surface area (Å²) in [7, 11) is 0. The van der Waals surface area contributed by atoms with Crippen molar-refractivity contribution >= 4 is 11.6 Å². The molecular formula is C15H22FN3O3. The van der Waals surface area contributed by atoms with Crippen LogP contribution in [0.15, 0.2) is 30.3 Å². The van der Waals surface area contributed by atoms with Crippen molar-refractivity contribution in [2.75, 3.05) is 31.3 Å². The molecule has 0 aromatic heterocycles. The van der Waals surface area contributed by atoms with Gasteiger partial charge in [-0.2, -0.15) is 5.01 Å². The highest BCUT2D eigenvalue weighted by atomic mass is 19.1. The molecular weight excluding hydrogens is 289 g/mol. The van der Waals surface area contributed by atoms with Crippen LogP contribution < -0.4 is 10.5 Å². The molecule has 1 aliphatic heterocycles. The van der Waals surface area contributed by atoms with Crippen molar-refractivity contribution < 1.29 is 18.8 Å². The lowest BCUT2D eigenvalue weighted by atomic mass is 10.3. The van der Waals surface area contributed by atoms with Gasteiger partial charge in [0.25, 0.3) is 0 Å². The van der Waals surface area contributed by atoms with Crippen LogP contribution >= 0.6 is 0 Å². The van der Waals surface area contributed by atoms with E-state index < -0.39 is 6.30 Å². The molecule has 1 aliphatic rings. The number of carbonyl (C=O) groups is 1. The Kier molecular flexibility index (Phi) is 6.11. The van der Waals surface area contributed by atoms with E-state index in [4.69, 9.17) is 9.57 Å². The number of hydrogen-bond acceptors (Lipinski definition) is 5. The number of ether oxygens (including phenoxy) is 1. The average molecular weight is 311 g/mol. The highest BCUT2D eigenvalue weighted by molar-refractivity contribution is 5.71. The van der Waals surface area contributed by atoms with Crippen LogP contribution in [-0.2, 0) is 14.4 Å². The predicted octanol–water partition coefficient (Wildman–Crippen LogP) is 1.49. The summed E-state index contributed by atoms with van der Waals surface area (Å²) in [6, 6.07) is 9.52. The number of hydrazine groups is 1. The summed E-state index contributed by atoms with van der Waals surface area (Å²) in [5.74, 6) is -0.271. The Morgan fingerprint density at radius 3 is 2.91 bits per heavy atom. The maximum absolute atomic E-state index is 14.2. The zero-order valence-corrected chi connectivity index (χ0v) is 12.9. The van der Waals surface area contributed by atoms with Gasteiger partial charge in [-0.05, 0) is 19.1 Å². The molecule has 0 bridgehead atoms. The smallest absolute Gasteiger partial charge is 0.240 e. The molecule has 0 saturated carbocycles. The van der Waals surface area contributed by atoms with Crippen LogP contribution in [0.5, 0.6) is 0 Å². The summed E-state index contributed by atoms with van der Waals surface area (Å²) < 4.78 is 19.3. The fourth-order valence-electron chi connectivity index (χ4n) is 2.26. The van der Waals surface area contributed by atoms with Crippen LogP contribution in [0.3, 0.4) is 0 Å². The van der Waals surface area contributed by atoms with E-state index in [0.717, 1.165) is 5.69 Å². The second-order valence-corrected chi connectivity index (χ2v) is 5.18. The molecule has 0 spiro atoms. The van der Waals surface area contributed by atoms with Crippen LogP contribution in [0.1, 0.15) is 13.8 Å². The van der Waals surface area contributed by atoms with E-state index in [1.54, 1.807) is 5.01 Å². The standard InChI is InChI=1S/C15H22FN3O3/c1-12(22-17-13(2)20)10-19(14-6-4-3-5-7-14)18-8-9-21-11-15(18)16/h3-7,12,15H,8-11H2,1-2H3,(H,17,20). The third-order valence-corrected chi connectivity index (χ3v) is 3.24. The van der Waals surface area contributed by atoms with Gasteiger partial charge in [0.05, 0.1) is 25.4 Å². The molecule has 1 fully saturated rings. The van der Waals surface area contributed by atoms with Crippen molar-refractivity contribution in [1.29, 1.82) is 0 Å². The summed E-state index contributed by atoms with van der Waals surface area (Å²) in [6.07, 6.45) is -1.51. The molecule has 1 heterocycles. The van der Waals surface area contributed by atoms with Crippen molar-refractivity contribution in [2.45, 2.75) is 26.2 Å². The molecule has 1 aromatic rings. The van der Waals surface area contributed by atoms with E-state index in [1.807, 2.05) is 42.3 Å². The first kappa shape index (κ1) is 16.7. The topological polar surface area (TPSA) is 54.0 Å². The van der Waals surface area contributed by atoms with Crippen LogP contribution in [0.4, 0.5) is 10.1 Å². The number of benzene rings is 1. The Balaban J connectivity index is 2.09. The number of rotatable bonds is 6. The van der Waals surface area contributed by atoms with Crippen LogP contribution in [0.2, 0.25) is 0 Å². The fourth-order valence-corrected chi connectivity index (χ4v) is 2.26. The summed E-state index contributed by atoms with van der Waals surface area (Å²) >= 11 is 0. The average Bonchev–Trinajstić information content (AvgIpc) is 2.52. The molecule has 2 atom stereocenters. The number of para-hydroxylation sites is 1. The van der Waals surface area contributed by atoms with Gasteiger partial charge in [0, 0.05) is 13.5 Å². The van der Waals surface area contributed by atoms with Gasteiger partial charge in [-0.25, -0.2) is 9.87 Å². The fraction of sp³-hybridized carbons (Fsp3) is 0.533. The number of nitrogens with zero attached hydrogens (tertiary/aromatic N) is 2. The molecule has 2 rings (SSSR count). The Morgan fingerprint density at radius 1 is 1.55 bits per heavy atom. The van der Waals surface area contributed by atoms with E-state index in [0.29, 0.717) is 19.7 Å². The Morgan fingerprint density at radius 2 is 2.27 bits per heavy atom. The number of anilines is 1. The lowest BCUT2D eigenvalue weighted by Gasteiger charge is -2.41. The zero-order chi connectivity index (χ0) is 15.9. The first-order chi connectivity index (χ1) is 10.6. The van der Waals surface area contributed by atoms with Gasteiger partial charge >= 0.3 is 0 Å². The van der Waals surface area contributed by atoms with Crippen LogP contribution in [-0.4, -0.2) is 49.6 Å². The predicted molar refractivity (Wildman–Crippen MR) is 80.6 cm³/mol. The van der Waals surface area contributed by atoms with E-state index >= 15 is 0 Å². The third kappa shape index (κ3) is 4.66. The first-order valence-electron chi connectivity index (χ1n) is 7.31. The number of nitrogens with one attached hydrogen (secondary N) is 1. The van der Waals surface area contributed by atoms with Crippen molar-refractivity contribution in [2.24, 2.45) is 0 Å². The van der Waals surface area contributed by atoms with E-state index in [9.17, 15) is 9.18 Å². The molecule has 22 heavy (non-hydrogen) atoms. The Bertz CT molecular complexity index is 474. The Hall–Kier alpha value is -1.70. The lowest BCUT2D eigenvalue weighted by molar-refractivity contribution is -0.135. The monoisotopic (exact) mass is 311 g/mol. The van der Waals surface area contributed by atoms with Crippen molar-refractivity contribution in [3.63, 3.8) is 0 Å². The highest BCUT2D eigenvalue weighted by Gasteiger charge is 2.29. The van der Waals surface area contributed by atoms with Gasteiger partial charge in [0.1, 0.15) is 6.10 Å². The van der Waals surface area contributed by atoms with E-state index in [1.165, 1.54) is 6.92 Å². The maximum Gasteiger partial charge on any atom is 0.240 e. The number of morpholine rings is 1. The minimum Gasteiger partial charge on any atom is -0.376 e. The molecule has 122 valence electrons. The summed E-state index contributed by atoms with van der Waals surface area (Å²) in [6.45, 7) is 4.59. The molecule has 0 radical (unpaired) electrons. The maximum atomic E-state index is 14.2. The van der Waals surface area contributed by atoms with E-state index in [-0.39, 0.29) is 18.6 Å².